The number of benzene rings is 13. The van der Waals surface area contributed by atoms with Gasteiger partial charge in [0, 0.05) is 71.0 Å². The summed E-state index contributed by atoms with van der Waals surface area (Å²) in [5, 5.41) is 53.2. The van der Waals surface area contributed by atoms with Gasteiger partial charge in [-0.3, -0.25) is 4.99 Å². The van der Waals surface area contributed by atoms with Gasteiger partial charge in [0.05, 0.1) is 61.3 Å². The number of aliphatic imine (C=N–C) groups is 1. The van der Waals surface area contributed by atoms with Crippen LogP contribution in [0.5, 0.6) is 28.7 Å². The zero-order chi connectivity index (χ0) is 91.4. The number of alkyl carbamates (subject to hydrolysis) is 1. The lowest BCUT2D eigenvalue weighted by molar-refractivity contribution is -0.0107. The fourth-order valence-corrected chi connectivity index (χ4v) is 23.3. The van der Waals surface area contributed by atoms with Gasteiger partial charge >= 0.3 is 6.09 Å². The molecule has 1 fully saturated rings. The molecule has 1 saturated carbocycles. The molecule has 0 aromatic heterocycles. The molecule has 6 atom stereocenters. The van der Waals surface area contributed by atoms with E-state index in [-0.39, 0.29) is 59.6 Å². The van der Waals surface area contributed by atoms with Crippen molar-refractivity contribution in [2.75, 3.05) is 85.9 Å². The molecular weight excluding hydrogens is 1630 g/mol. The third kappa shape index (κ3) is 14.1. The quantitative estimate of drug-likeness (QED) is 0.0793. The van der Waals surface area contributed by atoms with Crippen LogP contribution in [0.3, 0.4) is 0 Å². The Kier molecular flexibility index (Phi) is 21.9. The molecule has 6 unspecified atom stereocenters. The van der Waals surface area contributed by atoms with Crippen molar-refractivity contribution >= 4 is 113 Å². The summed E-state index contributed by atoms with van der Waals surface area (Å²) in [4.78, 5) is 27.0. The van der Waals surface area contributed by atoms with Gasteiger partial charge in [0.1, 0.15) is 47.1 Å². The average Bonchev–Trinajstić information content (AvgIpc) is 1.54. The van der Waals surface area contributed by atoms with Crippen LogP contribution in [0.15, 0.2) is 266 Å². The number of hydrogen-bond donors (Lipinski definition) is 4. The fourth-order valence-electron chi connectivity index (χ4n) is 23.3. The van der Waals surface area contributed by atoms with Crippen LogP contribution < -0.4 is 48.6 Å². The van der Waals surface area contributed by atoms with Gasteiger partial charge in [0.2, 0.25) is 22.9 Å². The molecule has 0 bridgehead atoms. The number of ether oxygens (including phenoxy) is 7. The van der Waals surface area contributed by atoms with Gasteiger partial charge in [-0.25, -0.2) is 4.79 Å². The number of amides is 1. The number of nitrogens with zero attached hydrogens (tertiary/aromatic N) is 6. The number of carbonyl (C=O) groups excluding carboxylic acids is 1. The number of fused-ring (bicyclic) bond motifs is 18. The highest BCUT2D eigenvalue weighted by atomic mass is 16.6. The number of methoxy groups -OCH3 is 1. The van der Waals surface area contributed by atoms with Gasteiger partial charge in [0.15, 0.2) is 0 Å². The summed E-state index contributed by atoms with van der Waals surface area (Å²) in [6.07, 6.45) is 18.7. The lowest BCUT2D eigenvalue weighted by atomic mass is 9.63. The topological polar surface area (TPSA) is 204 Å². The molecule has 8 aliphatic heterocycles. The van der Waals surface area contributed by atoms with Crippen molar-refractivity contribution in [3.63, 3.8) is 0 Å². The van der Waals surface area contributed by atoms with Crippen molar-refractivity contribution in [2.45, 2.75) is 153 Å². The number of β-amino-alcohol motifs (C(OH)–C–C–N with tert-alkyl or cyclic N) is 3. The average molecular weight is 1750 g/mol. The summed E-state index contributed by atoms with van der Waals surface area (Å²) in [5.74, 6) is 4.19. The standard InChI is InChI=1S/C39H42N4O4.C25H25NO3.C25H25NO2.C24H23NO2/c1-36(2)20-28(46-25-40)21-38(5,22-36)23-42-35(44)45-19-18-43-31-16-14-26-10-6-8-12-29(26)33(31)37(3,4)39(43)24-41-34-30-13-9-7-11-27(30)15-17-32(34)47-39;1-24(2)21-16-18(28-3)9-10-22(21)26(14-15-27)25(24)13-12-20-19-7-5-4-6-17(19)8-11-23(20)29-25;1-17-8-10-22-21(16-17)24(2,3)25(26(22)14-15-27)13-12-20-19-7-5-4-6-18(19)9-11-23(20)28-25;1-23(2)20-9-5-6-10-21(20)25(15-16-26)24(23)14-13-19-18-8-4-3-7-17(18)11-12-22(19)27-24/h6-17,24,28H,18-23H2,1-5H3,(H,42,44);4-13,16,27H,14-15H2,1-3H3;4-13,16,27H,14-15H2,1-3H3;3-14,26H,15-16H2,1-2H3. The summed E-state index contributed by atoms with van der Waals surface area (Å²) >= 11 is 0. The third-order valence-corrected chi connectivity index (χ3v) is 29.5. The number of nitrogens with one attached hydrogen (secondary N) is 1. The number of aliphatic hydroxyl groups is 3. The number of carbonyl (C=O) groups is 1. The number of aryl methyl sites for hydroxylation is 1. The maximum atomic E-state index is 13.1. The highest BCUT2D eigenvalue weighted by molar-refractivity contribution is 6.03. The zero-order valence-corrected chi connectivity index (χ0v) is 77.0. The van der Waals surface area contributed by atoms with E-state index in [1.54, 1.807) is 7.11 Å². The lowest BCUT2D eigenvalue weighted by Crippen LogP contribution is -2.62. The second kappa shape index (κ2) is 33.0. The van der Waals surface area contributed by atoms with Crippen molar-refractivity contribution in [3.8, 4) is 35.0 Å². The molecule has 13 aromatic carbocycles. The van der Waals surface area contributed by atoms with E-state index in [4.69, 9.17) is 43.4 Å². The van der Waals surface area contributed by atoms with Gasteiger partial charge in [-0.2, -0.15) is 5.26 Å². The molecule has 13 aromatic rings. The van der Waals surface area contributed by atoms with Crippen molar-refractivity contribution in [3.05, 3.63) is 305 Å². The minimum absolute atomic E-state index is 0.000987. The van der Waals surface area contributed by atoms with E-state index >= 15 is 0 Å². The van der Waals surface area contributed by atoms with Crippen LogP contribution >= 0.6 is 0 Å². The largest absolute Gasteiger partial charge is 0.497 e. The Hall–Kier alpha value is -13.3. The van der Waals surface area contributed by atoms with Crippen molar-refractivity contribution in [1.29, 1.82) is 5.26 Å². The first kappa shape index (κ1) is 87.0. The molecule has 1 amide bonds. The molecule has 4 N–H and O–H groups in total. The molecule has 18 heteroatoms. The maximum absolute atomic E-state index is 13.1. The number of hydrogen-bond acceptors (Lipinski definition) is 17. The van der Waals surface area contributed by atoms with E-state index < -0.39 is 34.4 Å². The van der Waals surface area contributed by atoms with Gasteiger partial charge in [0.25, 0.3) is 6.26 Å². The van der Waals surface area contributed by atoms with Gasteiger partial charge in [-0.15, -0.1) is 0 Å². The molecular formula is C113H115N7O11. The first-order chi connectivity index (χ1) is 63.0. The molecule has 0 radical (unpaired) electrons. The van der Waals surface area contributed by atoms with Gasteiger partial charge in [-0.1, -0.05) is 208 Å². The van der Waals surface area contributed by atoms with Crippen molar-refractivity contribution < 1.29 is 53.3 Å². The second-order valence-electron chi connectivity index (χ2n) is 39.4. The summed E-state index contributed by atoms with van der Waals surface area (Å²) < 4.78 is 44.1. The Morgan fingerprint density at radius 2 is 0.863 bits per heavy atom. The van der Waals surface area contributed by atoms with E-state index in [0.717, 1.165) is 108 Å². The van der Waals surface area contributed by atoms with Gasteiger partial charge in [-0.05, 0) is 260 Å². The smallest absolute Gasteiger partial charge is 0.407 e. The first-order valence-corrected chi connectivity index (χ1v) is 45.8. The van der Waals surface area contributed by atoms with E-state index in [1.807, 2.05) is 42.8 Å². The second-order valence-corrected chi connectivity index (χ2v) is 39.4. The summed E-state index contributed by atoms with van der Waals surface area (Å²) in [6, 6.07) is 83.7. The van der Waals surface area contributed by atoms with Crippen LogP contribution in [0, 0.1) is 29.3 Å². The van der Waals surface area contributed by atoms with Crippen LogP contribution in [0.2, 0.25) is 0 Å². The number of anilines is 4. The molecule has 9 aliphatic rings. The Morgan fingerprint density at radius 1 is 0.450 bits per heavy atom. The van der Waals surface area contributed by atoms with Crippen molar-refractivity contribution in [1.82, 2.24) is 5.32 Å². The normalized spacial score (nSPS) is 22.8. The first-order valence-electron chi connectivity index (χ1n) is 45.8. The highest BCUT2D eigenvalue weighted by Gasteiger charge is 2.64. The number of para-hydroxylation sites is 1. The van der Waals surface area contributed by atoms with Crippen LogP contribution in [-0.4, -0.2) is 123 Å². The lowest BCUT2D eigenvalue weighted by Gasteiger charge is -2.47. The molecule has 4 spiro atoms. The Balaban J connectivity index is 0.000000116. The Labute approximate surface area is 767 Å². The summed E-state index contributed by atoms with van der Waals surface area (Å²) in [5.41, 5.74) is 9.98. The van der Waals surface area contributed by atoms with Crippen LogP contribution in [0.4, 0.5) is 33.2 Å². The Bertz CT molecular complexity index is 6860. The zero-order valence-electron chi connectivity index (χ0n) is 77.0. The SMILES string of the molecule is CC1(C)CC(OC#N)CC(C)(CNC(=O)OCCN2c3ccc4ccccc4c3C(C)(C)C23C=Nc2c(ccc4ccccc24)O3)C1.CC1(C)c2ccccc2N(CCO)C12C=Cc1c(ccc3ccccc13)O2.COc1ccc2c(c1)C(C)(C)C1(C=Cc3c(ccc4ccccc34)O1)N2CCO.Cc1ccc2c(c1)C(C)(C)C1(C=Cc3c(ccc4ccccc34)O1)N2CCO. The minimum atomic E-state index is -0.953. The van der Waals surface area contributed by atoms with Crippen LogP contribution in [0.1, 0.15) is 140 Å². The maximum Gasteiger partial charge on any atom is 0.407 e. The molecule has 0 saturated heterocycles. The van der Waals surface area contributed by atoms with Gasteiger partial charge < -0.3 is 73.4 Å². The molecule has 8 heterocycles. The van der Waals surface area contributed by atoms with Crippen LogP contribution in [-0.2, 0) is 31.1 Å². The van der Waals surface area contributed by atoms with E-state index in [0.29, 0.717) is 39.1 Å². The number of aliphatic hydroxyl groups excluding tert-OH is 3. The number of nitriles is 1. The summed E-state index contributed by atoms with van der Waals surface area (Å²) in [6.45, 7) is 29.1. The monoisotopic (exact) mass is 1750 g/mol. The predicted octanol–water partition coefficient (Wildman–Crippen LogP) is 22.9. The molecule has 131 heavy (non-hydrogen) atoms. The highest BCUT2D eigenvalue weighted by Crippen LogP contribution is 2.62. The minimum Gasteiger partial charge on any atom is -0.497 e. The molecule has 668 valence electrons. The van der Waals surface area contributed by atoms with E-state index in [9.17, 15) is 20.1 Å². The van der Waals surface area contributed by atoms with E-state index in [2.05, 4.69) is 357 Å². The number of rotatable bonds is 13. The van der Waals surface area contributed by atoms with Crippen LogP contribution in [0.25, 0.3) is 72.1 Å². The molecule has 18 nitrogen and oxygen atoms in total. The molecule has 22 rings (SSSR count). The van der Waals surface area contributed by atoms with E-state index in [1.165, 1.54) is 60.0 Å². The third-order valence-electron chi connectivity index (χ3n) is 29.5. The molecule has 1 aliphatic carbocycles. The fraction of sp³-hybridized carbons (Fsp3) is 0.319. The van der Waals surface area contributed by atoms with Crippen molar-refractivity contribution in [2.24, 2.45) is 15.8 Å². The predicted molar refractivity (Wildman–Crippen MR) is 527 cm³/mol. The summed E-state index contributed by atoms with van der Waals surface area (Å²) in [7, 11) is 1.68. The Morgan fingerprint density at radius 3 is 1.37 bits per heavy atom.